The number of anilines is 1. The van der Waals surface area contributed by atoms with E-state index in [9.17, 15) is 22.8 Å². The summed E-state index contributed by atoms with van der Waals surface area (Å²) in [4.78, 5) is 41.9. The van der Waals surface area contributed by atoms with E-state index in [0.29, 0.717) is 37.1 Å². The van der Waals surface area contributed by atoms with Gasteiger partial charge in [0.25, 0.3) is 15.6 Å². The van der Waals surface area contributed by atoms with Crippen LogP contribution in [0, 0.1) is 6.92 Å². The molecular weight excluding hydrogens is 430 g/mol. The van der Waals surface area contributed by atoms with E-state index in [0.717, 1.165) is 29.9 Å². The molecule has 2 heterocycles. The second-order valence-electron chi connectivity index (χ2n) is 7.30. The largest absolute Gasteiger partial charge is 0.328 e. The number of H-pyrrole nitrogens is 1. The van der Waals surface area contributed by atoms with Crippen LogP contribution in [0.15, 0.2) is 13.8 Å². The average molecular weight is 456 g/mol. The zero-order valence-corrected chi connectivity index (χ0v) is 18.8. The third-order valence-corrected chi connectivity index (χ3v) is 8.56. The summed E-state index contributed by atoms with van der Waals surface area (Å²) in [5.41, 5.74) is 0.971. The number of carbonyl (C=O) groups excluding carboxylic acids is 1. The number of sulfonamides is 1. The van der Waals surface area contributed by atoms with Crippen molar-refractivity contribution in [3.63, 3.8) is 0 Å². The molecule has 1 aliphatic rings. The minimum absolute atomic E-state index is 0.0762. The van der Waals surface area contributed by atoms with Crippen molar-refractivity contribution in [2.75, 3.05) is 18.9 Å². The van der Waals surface area contributed by atoms with E-state index in [1.54, 1.807) is 11.5 Å². The quantitative estimate of drug-likeness (QED) is 0.636. The number of aromatic nitrogens is 3. The van der Waals surface area contributed by atoms with E-state index >= 15 is 0 Å². The van der Waals surface area contributed by atoms with Gasteiger partial charge in [-0.25, -0.2) is 22.5 Å². The molecule has 1 amide bonds. The Morgan fingerprint density at radius 3 is 2.70 bits per heavy atom. The van der Waals surface area contributed by atoms with Crippen LogP contribution < -0.4 is 16.6 Å². The normalized spacial score (nSPS) is 14.0. The van der Waals surface area contributed by atoms with Crippen LogP contribution in [0.1, 0.15) is 43.1 Å². The summed E-state index contributed by atoms with van der Waals surface area (Å²) in [5, 5.41) is 2.73. The number of aromatic amines is 1. The Kier molecular flexibility index (Phi) is 6.58. The highest BCUT2D eigenvalue weighted by atomic mass is 32.2. The predicted molar refractivity (Wildman–Crippen MR) is 114 cm³/mol. The predicted octanol–water partition coefficient (Wildman–Crippen LogP) is 0.850. The van der Waals surface area contributed by atoms with Gasteiger partial charge in [0.1, 0.15) is 0 Å². The van der Waals surface area contributed by atoms with Gasteiger partial charge in [0.15, 0.2) is 9.34 Å². The SMILES string of the molecule is CC(=O)Nc1nc(C)c(S(=O)(=O)N(C)CCCn2c3c(c(=O)[nH]c2=O)CCCC3)s1. The van der Waals surface area contributed by atoms with Gasteiger partial charge < -0.3 is 5.32 Å². The third kappa shape index (κ3) is 4.55. The fraction of sp³-hybridized carbons (Fsp3) is 0.556. The van der Waals surface area contributed by atoms with Crippen LogP contribution in [0.3, 0.4) is 0 Å². The summed E-state index contributed by atoms with van der Waals surface area (Å²) in [6.07, 6.45) is 3.58. The Hall–Kier alpha value is -2.31. The minimum atomic E-state index is -3.78. The highest BCUT2D eigenvalue weighted by Gasteiger charge is 2.27. The number of amides is 1. The lowest BCUT2D eigenvalue weighted by Gasteiger charge is -2.21. The number of hydrogen-bond acceptors (Lipinski definition) is 7. The van der Waals surface area contributed by atoms with Crippen molar-refractivity contribution in [3.8, 4) is 0 Å². The van der Waals surface area contributed by atoms with Gasteiger partial charge in [0.2, 0.25) is 5.91 Å². The molecule has 0 saturated heterocycles. The first-order chi connectivity index (χ1) is 14.1. The standard InChI is InChI=1S/C18H25N5O5S2/c1-11-16(29-17(19-11)20-12(2)24)30(27,28)22(3)9-6-10-23-14-8-5-4-7-13(14)15(25)21-18(23)26/h4-10H2,1-3H3,(H,19,20,24)(H,21,25,26). The number of thiazole rings is 1. The Morgan fingerprint density at radius 1 is 1.30 bits per heavy atom. The molecule has 0 aliphatic heterocycles. The Balaban J connectivity index is 1.73. The molecule has 0 unspecified atom stereocenters. The summed E-state index contributed by atoms with van der Waals surface area (Å²) in [7, 11) is -2.31. The van der Waals surface area contributed by atoms with Gasteiger partial charge in [-0.3, -0.25) is 19.1 Å². The summed E-state index contributed by atoms with van der Waals surface area (Å²) >= 11 is 0.908. The molecule has 0 atom stereocenters. The van der Waals surface area contributed by atoms with Gasteiger partial charge in [0, 0.05) is 38.3 Å². The van der Waals surface area contributed by atoms with Crippen molar-refractivity contribution in [1.29, 1.82) is 0 Å². The smallest absolute Gasteiger partial charge is 0.302 e. The number of fused-ring (bicyclic) bond motifs is 1. The van der Waals surface area contributed by atoms with Crippen LogP contribution in [-0.2, 0) is 34.2 Å². The zero-order chi connectivity index (χ0) is 22.1. The average Bonchev–Trinajstić information content (AvgIpc) is 3.04. The van der Waals surface area contributed by atoms with E-state index in [1.807, 2.05) is 0 Å². The van der Waals surface area contributed by atoms with Crippen molar-refractivity contribution < 1.29 is 13.2 Å². The molecule has 2 aromatic rings. The number of carbonyl (C=O) groups is 1. The van der Waals surface area contributed by atoms with Crippen molar-refractivity contribution in [1.82, 2.24) is 18.8 Å². The summed E-state index contributed by atoms with van der Waals surface area (Å²) in [6, 6.07) is 0. The Bertz CT molecular complexity index is 1180. The van der Waals surface area contributed by atoms with Gasteiger partial charge >= 0.3 is 5.69 Å². The van der Waals surface area contributed by atoms with Crippen molar-refractivity contribution in [2.24, 2.45) is 0 Å². The number of nitrogens with zero attached hydrogens (tertiary/aromatic N) is 3. The first-order valence-electron chi connectivity index (χ1n) is 9.67. The molecule has 3 rings (SSSR count). The molecule has 2 aromatic heterocycles. The van der Waals surface area contributed by atoms with E-state index in [-0.39, 0.29) is 27.4 Å². The molecule has 12 heteroatoms. The summed E-state index contributed by atoms with van der Waals surface area (Å²) in [6.45, 7) is 3.41. The maximum Gasteiger partial charge on any atom is 0.328 e. The molecule has 0 radical (unpaired) electrons. The Labute approximate surface area is 178 Å². The van der Waals surface area contributed by atoms with Gasteiger partial charge in [-0.15, -0.1) is 0 Å². The van der Waals surface area contributed by atoms with Gasteiger partial charge in [0.05, 0.1) is 5.69 Å². The van der Waals surface area contributed by atoms with Crippen molar-refractivity contribution in [2.45, 2.75) is 56.7 Å². The number of nitrogens with one attached hydrogen (secondary N) is 2. The summed E-state index contributed by atoms with van der Waals surface area (Å²) < 4.78 is 28.7. The zero-order valence-electron chi connectivity index (χ0n) is 17.1. The number of aryl methyl sites for hydroxylation is 1. The minimum Gasteiger partial charge on any atom is -0.302 e. The first-order valence-corrected chi connectivity index (χ1v) is 11.9. The second kappa shape index (κ2) is 8.82. The van der Waals surface area contributed by atoms with E-state index in [2.05, 4.69) is 15.3 Å². The highest BCUT2D eigenvalue weighted by Crippen LogP contribution is 2.29. The lowest BCUT2D eigenvalue weighted by Crippen LogP contribution is -2.37. The first kappa shape index (κ1) is 22.4. The molecule has 0 spiro atoms. The van der Waals surface area contributed by atoms with Crippen LogP contribution in [0.2, 0.25) is 0 Å². The van der Waals surface area contributed by atoms with E-state index in [4.69, 9.17) is 0 Å². The molecular formula is C18H25N5O5S2. The van der Waals surface area contributed by atoms with Crippen molar-refractivity contribution in [3.05, 3.63) is 37.8 Å². The summed E-state index contributed by atoms with van der Waals surface area (Å²) in [5.74, 6) is -0.323. The lowest BCUT2D eigenvalue weighted by atomic mass is 9.97. The molecule has 30 heavy (non-hydrogen) atoms. The highest BCUT2D eigenvalue weighted by molar-refractivity contribution is 7.91. The lowest BCUT2D eigenvalue weighted by molar-refractivity contribution is -0.114. The molecule has 0 fully saturated rings. The molecule has 0 saturated carbocycles. The van der Waals surface area contributed by atoms with E-state index in [1.165, 1.54) is 18.3 Å². The van der Waals surface area contributed by atoms with Crippen LogP contribution in [0.4, 0.5) is 5.13 Å². The van der Waals surface area contributed by atoms with Gasteiger partial charge in [-0.05, 0) is 39.0 Å². The fourth-order valence-electron chi connectivity index (χ4n) is 3.57. The molecule has 164 valence electrons. The van der Waals surface area contributed by atoms with Crippen LogP contribution in [-0.4, -0.2) is 46.8 Å². The van der Waals surface area contributed by atoms with Gasteiger partial charge in [-0.1, -0.05) is 11.3 Å². The maximum absolute atomic E-state index is 12.9. The van der Waals surface area contributed by atoms with Crippen LogP contribution in [0.25, 0.3) is 0 Å². The molecule has 2 N–H and O–H groups in total. The van der Waals surface area contributed by atoms with Crippen LogP contribution >= 0.6 is 11.3 Å². The molecule has 10 nitrogen and oxygen atoms in total. The maximum atomic E-state index is 12.9. The second-order valence-corrected chi connectivity index (χ2v) is 10.5. The van der Waals surface area contributed by atoms with Gasteiger partial charge in [-0.2, -0.15) is 0 Å². The molecule has 1 aliphatic carbocycles. The molecule has 0 bridgehead atoms. The topological polar surface area (TPSA) is 134 Å². The fourth-order valence-corrected chi connectivity index (χ4v) is 6.43. The monoisotopic (exact) mass is 455 g/mol. The Morgan fingerprint density at radius 2 is 2.00 bits per heavy atom. The number of rotatable bonds is 7. The van der Waals surface area contributed by atoms with E-state index < -0.39 is 15.7 Å². The number of hydrogen-bond donors (Lipinski definition) is 2. The third-order valence-electron chi connectivity index (χ3n) is 5.04. The van der Waals surface area contributed by atoms with Crippen LogP contribution in [0.5, 0.6) is 0 Å². The van der Waals surface area contributed by atoms with Crippen molar-refractivity contribution >= 4 is 32.4 Å². The molecule has 0 aromatic carbocycles.